The summed E-state index contributed by atoms with van der Waals surface area (Å²) in [6, 6.07) is 14.3. The maximum Gasteiger partial charge on any atom is 0.237 e. The van der Waals surface area contributed by atoms with E-state index in [0.29, 0.717) is 20.7 Å². The van der Waals surface area contributed by atoms with Gasteiger partial charge in [-0.05, 0) is 43.7 Å². The van der Waals surface area contributed by atoms with E-state index in [2.05, 4.69) is 20.8 Å². The maximum absolute atomic E-state index is 13.6. The lowest BCUT2D eigenvalue weighted by molar-refractivity contribution is -0.115. The van der Waals surface area contributed by atoms with Crippen molar-refractivity contribution in [3.05, 3.63) is 59.9 Å². The normalized spacial score (nSPS) is 11.8. The second-order valence-electron chi connectivity index (χ2n) is 5.58. The first kappa shape index (κ1) is 18.3. The Kier molecular flexibility index (Phi) is 5.85. The highest BCUT2D eigenvalue weighted by Gasteiger charge is 2.18. The lowest BCUT2D eigenvalue weighted by Gasteiger charge is -2.10. The number of nitrogens with zero attached hydrogens (tertiary/aromatic N) is 2. The summed E-state index contributed by atoms with van der Waals surface area (Å²) >= 11 is 2.68. The van der Waals surface area contributed by atoms with Crippen LogP contribution in [0.15, 0.2) is 52.9 Å². The van der Waals surface area contributed by atoms with Crippen LogP contribution in [-0.2, 0) is 4.79 Å². The molecule has 0 fully saturated rings. The minimum absolute atomic E-state index is 0.217. The van der Waals surface area contributed by atoms with Gasteiger partial charge in [0.2, 0.25) is 11.0 Å². The van der Waals surface area contributed by atoms with Gasteiger partial charge in [-0.15, -0.1) is 10.2 Å². The fraction of sp³-hybridized carbons (Fsp3) is 0.167. The monoisotopic (exact) mass is 388 g/mol. The molecule has 0 saturated carbocycles. The van der Waals surface area contributed by atoms with Gasteiger partial charge in [-0.3, -0.25) is 4.79 Å². The number of benzene rings is 2. The molecule has 3 aromatic rings. The SMILES string of the molecule is Cc1ccc(NC(=O)[C@H](C)Sc2nnc(Nc3ccccc3)s2)cc1F. The quantitative estimate of drug-likeness (QED) is 0.591. The third-order valence-electron chi connectivity index (χ3n) is 3.52. The molecule has 134 valence electrons. The third-order valence-corrected chi connectivity index (χ3v) is 5.54. The number of hydrogen-bond donors (Lipinski definition) is 2. The predicted octanol–water partition coefficient (Wildman–Crippen LogP) is 4.85. The van der Waals surface area contributed by atoms with Crippen molar-refractivity contribution >= 4 is 45.5 Å². The second-order valence-corrected chi connectivity index (χ2v) is 8.14. The Morgan fingerprint density at radius 1 is 1.15 bits per heavy atom. The number of rotatable bonds is 6. The zero-order valence-corrected chi connectivity index (χ0v) is 15.8. The number of carbonyl (C=O) groups is 1. The minimum Gasteiger partial charge on any atom is -0.330 e. The molecule has 8 heteroatoms. The standard InChI is InChI=1S/C18H17FN4OS2/c1-11-8-9-14(10-15(11)19)20-16(24)12(2)25-18-23-22-17(26-18)21-13-6-4-3-5-7-13/h3-10,12H,1-2H3,(H,20,24)(H,21,22)/t12-/m0/s1. The van der Waals surface area contributed by atoms with Crippen LogP contribution in [0, 0.1) is 12.7 Å². The zero-order chi connectivity index (χ0) is 18.5. The van der Waals surface area contributed by atoms with Gasteiger partial charge in [0.05, 0.1) is 5.25 Å². The Morgan fingerprint density at radius 2 is 1.92 bits per heavy atom. The summed E-state index contributed by atoms with van der Waals surface area (Å²) in [6.07, 6.45) is 0. The fourth-order valence-corrected chi connectivity index (χ4v) is 3.99. The number of hydrogen-bond acceptors (Lipinski definition) is 6. The van der Waals surface area contributed by atoms with Crippen molar-refractivity contribution in [3.63, 3.8) is 0 Å². The molecule has 0 saturated heterocycles. The van der Waals surface area contributed by atoms with E-state index in [1.807, 2.05) is 30.3 Å². The van der Waals surface area contributed by atoms with Gasteiger partial charge in [0.25, 0.3) is 0 Å². The van der Waals surface area contributed by atoms with Crippen molar-refractivity contribution in [2.24, 2.45) is 0 Å². The summed E-state index contributed by atoms with van der Waals surface area (Å²) in [7, 11) is 0. The van der Waals surface area contributed by atoms with Crippen molar-refractivity contribution in [1.82, 2.24) is 10.2 Å². The van der Waals surface area contributed by atoms with Crippen LogP contribution >= 0.6 is 23.1 Å². The molecule has 0 aliphatic carbocycles. The van der Waals surface area contributed by atoms with Crippen molar-refractivity contribution in [2.75, 3.05) is 10.6 Å². The Hall–Kier alpha value is -2.45. The van der Waals surface area contributed by atoms with Crippen LogP contribution < -0.4 is 10.6 Å². The average Bonchev–Trinajstić information content (AvgIpc) is 3.06. The van der Waals surface area contributed by atoms with Gasteiger partial charge in [-0.25, -0.2) is 4.39 Å². The van der Waals surface area contributed by atoms with E-state index in [0.717, 1.165) is 5.69 Å². The summed E-state index contributed by atoms with van der Waals surface area (Å²) in [6.45, 7) is 3.45. The summed E-state index contributed by atoms with van der Waals surface area (Å²) in [5, 5.41) is 14.3. The number of amides is 1. The first-order valence-corrected chi connectivity index (χ1v) is 9.60. The summed E-state index contributed by atoms with van der Waals surface area (Å²) in [5.41, 5.74) is 1.90. The minimum atomic E-state index is -0.392. The largest absolute Gasteiger partial charge is 0.330 e. The highest BCUT2D eigenvalue weighted by atomic mass is 32.2. The smallest absolute Gasteiger partial charge is 0.237 e. The Bertz CT molecular complexity index is 901. The molecule has 2 N–H and O–H groups in total. The van der Waals surface area contributed by atoms with Crippen molar-refractivity contribution in [3.8, 4) is 0 Å². The zero-order valence-electron chi connectivity index (χ0n) is 14.2. The summed E-state index contributed by atoms with van der Waals surface area (Å²) in [5.74, 6) is -0.560. The van der Waals surface area contributed by atoms with Crippen LogP contribution in [0.2, 0.25) is 0 Å². The van der Waals surface area contributed by atoms with Gasteiger partial charge < -0.3 is 10.6 Å². The second kappa shape index (κ2) is 8.29. The number of nitrogens with one attached hydrogen (secondary N) is 2. The van der Waals surface area contributed by atoms with Gasteiger partial charge >= 0.3 is 0 Å². The molecule has 26 heavy (non-hydrogen) atoms. The highest BCUT2D eigenvalue weighted by molar-refractivity contribution is 8.02. The Balaban J connectivity index is 1.58. The summed E-state index contributed by atoms with van der Waals surface area (Å²) < 4.78 is 14.3. The van der Waals surface area contributed by atoms with Gasteiger partial charge in [0, 0.05) is 11.4 Å². The molecule has 1 heterocycles. The van der Waals surface area contributed by atoms with Gasteiger partial charge in [0.1, 0.15) is 5.82 Å². The molecule has 5 nitrogen and oxygen atoms in total. The number of carbonyl (C=O) groups excluding carboxylic acids is 1. The molecule has 1 atom stereocenters. The first-order chi connectivity index (χ1) is 12.5. The number of halogens is 1. The van der Waals surface area contributed by atoms with E-state index in [1.54, 1.807) is 26.0 Å². The van der Waals surface area contributed by atoms with E-state index in [4.69, 9.17) is 0 Å². The predicted molar refractivity (Wildman–Crippen MR) is 105 cm³/mol. The molecule has 1 aromatic heterocycles. The van der Waals surface area contributed by atoms with E-state index < -0.39 is 5.25 Å². The van der Waals surface area contributed by atoms with Crippen LogP contribution in [0.5, 0.6) is 0 Å². The first-order valence-electron chi connectivity index (χ1n) is 7.90. The van der Waals surface area contributed by atoms with Crippen LogP contribution in [0.1, 0.15) is 12.5 Å². The van der Waals surface area contributed by atoms with E-state index >= 15 is 0 Å². The number of para-hydroxylation sites is 1. The number of anilines is 3. The van der Waals surface area contributed by atoms with Crippen molar-refractivity contribution in [2.45, 2.75) is 23.4 Å². The van der Waals surface area contributed by atoms with Crippen molar-refractivity contribution < 1.29 is 9.18 Å². The molecule has 0 aliphatic rings. The van der Waals surface area contributed by atoms with Gasteiger partial charge in [-0.1, -0.05) is 47.4 Å². The van der Waals surface area contributed by atoms with Gasteiger partial charge in [-0.2, -0.15) is 0 Å². The van der Waals surface area contributed by atoms with Gasteiger partial charge in [0.15, 0.2) is 4.34 Å². The molecule has 2 aromatic carbocycles. The van der Waals surface area contributed by atoms with E-state index in [1.165, 1.54) is 29.2 Å². The van der Waals surface area contributed by atoms with Crippen LogP contribution in [0.25, 0.3) is 0 Å². The maximum atomic E-state index is 13.6. The lowest BCUT2D eigenvalue weighted by Crippen LogP contribution is -2.22. The highest BCUT2D eigenvalue weighted by Crippen LogP contribution is 2.30. The molecule has 0 radical (unpaired) electrons. The average molecular weight is 388 g/mol. The molecule has 0 aliphatic heterocycles. The van der Waals surface area contributed by atoms with Crippen molar-refractivity contribution in [1.29, 1.82) is 0 Å². The molecule has 3 rings (SSSR count). The number of aryl methyl sites for hydroxylation is 1. The Morgan fingerprint density at radius 3 is 2.65 bits per heavy atom. The molecular formula is C18H17FN4OS2. The molecule has 0 spiro atoms. The molecule has 0 bridgehead atoms. The summed E-state index contributed by atoms with van der Waals surface area (Å²) in [4.78, 5) is 12.3. The number of aromatic nitrogens is 2. The topological polar surface area (TPSA) is 66.9 Å². The lowest BCUT2D eigenvalue weighted by atomic mass is 10.2. The molecular weight excluding hydrogens is 371 g/mol. The third kappa shape index (κ3) is 4.80. The van der Waals surface area contributed by atoms with Crippen LogP contribution in [-0.4, -0.2) is 21.4 Å². The Labute approximate surface area is 159 Å². The number of thioether (sulfide) groups is 1. The fourth-order valence-electron chi connectivity index (χ4n) is 2.07. The molecule has 1 amide bonds. The molecule has 0 unspecified atom stereocenters. The van der Waals surface area contributed by atoms with Crippen LogP contribution in [0.3, 0.4) is 0 Å². The van der Waals surface area contributed by atoms with Crippen LogP contribution in [0.4, 0.5) is 20.9 Å². The van der Waals surface area contributed by atoms with E-state index in [9.17, 15) is 9.18 Å². The van der Waals surface area contributed by atoms with E-state index in [-0.39, 0.29) is 11.7 Å².